The number of thiophene rings is 1. The number of hydrogen-bond acceptors (Lipinski definition) is 2. The minimum atomic E-state index is -0.919. The standard InChI is InChI=1S/C16H19FOS/c1-3-13-8-9-14(19-13)11-16(2,18)10-12-6-4-5-7-15(12)17/h4-9,18H,3,10-11H2,1-2H3. The van der Waals surface area contributed by atoms with Crippen molar-refractivity contribution in [3.05, 3.63) is 57.5 Å². The summed E-state index contributed by atoms with van der Waals surface area (Å²) in [5.41, 5.74) is -0.349. The molecule has 19 heavy (non-hydrogen) atoms. The van der Waals surface area contributed by atoms with Gasteiger partial charge in [0.25, 0.3) is 0 Å². The van der Waals surface area contributed by atoms with Gasteiger partial charge in [-0.05, 0) is 37.1 Å². The van der Waals surface area contributed by atoms with E-state index in [-0.39, 0.29) is 5.82 Å². The van der Waals surface area contributed by atoms with Crippen LogP contribution < -0.4 is 0 Å². The number of benzene rings is 1. The molecule has 1 aromatic carbocycles. The molecule has 3 heteroatoms. The van der Waals surface area contributed by atoms with Gasteiger partial charge in [-0.2, -0.15) is 0 Å². The van der Waals surface area contributed by atoms with Crippen LogP contribution >= 0.6 is 11.3 Å². The van der Waals surface area contributed by atoms with Crippen molar-refractivity contribution in [2.24, 2.45) is 0 Å². The molecular formula is C16H19FOS. The largest absolute Gasteiger partial charge is 0.389 e. The van der Waals surface area contributed by atoms with Gasteiger partial charge >= 0.3 is 0 Å². The Morgan fingerprint density at radius 3 is 2.42 bits per heavy atom. The van der Waals surface area contributed by atoms with Crippen LogP contribution in [0.4, 0.5) is 4.39 Å². The Morgan fingerprint density at radius 2 is 1.79 bits per heavy atom. The second-order valence-corrected chi connectivity index (χ2v) is 6.42. The third-order valence-corrected chi connectivity index (χ3v) is 4.38. The van der Waals surface area contributed by atoms with Gasteiger partial charge in [0.2, 0.25) is 0 Å². The molecule has 0 aliphatic heterocycles. The van der Waals surface area contributed by atoms with Crippen molar-refractivity contribution in [3.8, 4) is 0 Å². The lowest BCUT2D eigenvalue weighted by atomic mass is 9.92. The van der Waals surface area contributed by atoms with Gasteiger partial charge in [0.1, 0.15) is 5.82 Å². The van der Waals surface area contributed by atoms with Crippen molar-refractivity contribution in [1.29, 1.82) is 0 Å². The molecule has 2 aromatic rings. The van der Waals surface area contributed by atoms with Gasteiger partial charge in [0.15, 0.2) is 0 Å². The van der Waals surface area contributed by atoms with E-state index in [9.17, 15) is 9.50 Å². The van der Waals surface area contributed by atoms with E-state index in [4.69, 9.17) is 0 Å². The Labute approximate surface area is 117 Å². The lowest BCUT2D eigenvalue weighted by molar-refractivity contribution is 0.0607. The summed E-state index contributed by atoms with van der Waals surface area (Å²) in [5, 5.41) is 10.5. The second-order valence-electron chi connectivity index (χ2n) is 5.16. The summed E-state index contributed by atoms with van der Waals surface area (Å²) in [4.78, 5) is 2.47. The highest BCUT2D eigenvalue weighted by Gasteiger charge is 2.23. The summed E-state index contributed by atoms with van der Waals surface area (Å²) < 4.78 is 13.6. The molecule has 0 saturated heterocycles. The highest BCUT2D eigenvalue weighted by atomic mass is 32.1. The van der Waals surface area contributed by atoms with Gasteiger partial charge in [0.05, 0.1) is 5.60 Å². The fourth-order valence-corrected chi connectivity index (χ4v) is 3.33. The maximum atomic E-state index is 13.6. The van der Waals surface area contributed by atoms with E-state index in [0.29, 0.717) is 18.4 Å². The van der Waals surface area contributed by atoms with Crippen LogP contribution in [0.2, 0.25) is 0 Å². The highest BCUT2D eigenvalue weighted by molar-refractivity contribution is 7.12. The Hall–Kier alpha value is -1.19. The van der Waals surface area contributed by atoms with Crippen LogP contribution in [0.1, 0.15) is 29.2 Å². The summed E-state index contributed by atoms with van der Waals surface area (Å²) in [6.45, 7) is 3.89. The van der Waals surface area contributed by atoms with E-state index in [2.05, 4.69) is 19.1 Å². The molecule has 0 fully saturated rings. The van der Waals surface area contributed by atoms with Crippen molar-refractivity contribution in [1.82, 2.24) is 0 Å². The molecule has 1 N–H and O–H groups in total. The number of hydrogen-bond donors (Lipinski definition) is 1. The average molecular weight is 278 g/mol. The van der Waals surface area contributed by atoms with Crippen LogP contribution in [0.3, 0.4) is 0 Å². The molecule has 0 aliphatic carbocycles. The van der Waals surface area contributed by atoms with Crippen LogP contribution in [0.15, 0.2) is 36.4 Å². The van der Waals surface area contributed by atoms with E-state index in [1.54, 1.807) is 36.5 Å². The lowest BCUT2D eigenvalue weighted by Crippen LogP contribution is -2.30. The van der Waals surface area contributed by atoms with Crippen LogP contribution in [-0.4, -0.2) is 10.7 Å². The molecule has 0 amide bonds. The predicted octanol–water partition coefficient (Wildman–Crippen LogP) is 3.99. The molecular weight excluding hydrogens is 259 g/mol. The second kappa shape index (κ2) is 5.85. The maximum Gasteiger partial charge on any atom is 0.126 e. The molecule has 1 unspecified atom stereocenters. The number of halogens is 1. The smallest absolute Gasteiger partial charge is 0.126 e. The highest BCUT2D eigenvalue weighted by Crippen LogP contribution is 2.25. The number of rotatable bonds is 5. The molecule has 0 saturated carbocycles. The Bertz CT molecular complexity index is 545. The van der Waals surface area contributed by atoms with Crippen LogP contribution in [0.25, 0.3) is 0 Å². The normalized spacial score (nSPS) is 14.3. The topological polar surface area (TPSA) is 20.2 Å². The van der Waals surface area contributed by atoms with E-state index >= 15 is 0 Å². The first-order valence-corrected chi connectivity index (χ1v) is 7.35. The molecule has 102 valence electrons. The molecule has 1 aromatic heterocycles. The van der Waals surface area contributed by atoms with Crippen molar-refractivity contribution in [2.75, 3.05) is 0 Å². The van der Waals surface area contributed by atoms with Crippen molar-refractivity contribution < 1.29 is 9.50 Å². The van der Waals surface area contributed by atoms with Crippen molar-refractivity contribution in [2.45, 2.75) is 38.7 Å². The predicted molar refractivity (Wildman–Crippen MR) is 78.1 cm³/mol. The maximum absolute atomic E-state index is 13.6. The SMILES string of the molecule is CCc1ccc(CC(C)(O)Cc2ccccc2F)s1. The van der Waals surface area contributed by atoms with Gasteiger partial charge in [-0.3, -0.25) is 0 Å². The zero-order valence-electron chi connectivity index (χ0n) is 11.3. The van der Waals surface area contributed by atoms with Crippen molar-refractivity contribution in [3.63, 3.8) is 0 Å². The molecule has 1 nitrogen and oxygen atoms in total. The van der Waals surface area contributed by atoms with E-state index in [1.807, 2.05) is 0 Å². The van der Waals surface area contributed by atoms with Gasteiger partial charge in [-0.15, -0.1) is 11.3 Å². The zero-order valence-corrected chi connectivity index (χ0v) is 12.1. The average Bonchev–Trinajstić information content (AvgIpc) is 2.78. The number of aryl methyl sites for hydroxylation is 1. The van der Waals surface area contributed by atoms with E-state index < -0.39 is 5.60 Å². The summed E-state index contributed by atoms with van der Waals surface area (Å²) in [6.07, 6.45) is 1.91. The first-order chi connectivity index (χ1) is 9.00. The van der Waals surface area contributed by atoms with Gasteiger partial charge in [-0.25, -0.2) is 4.39 Å². The fourth-order valence-electron chi connectivity index (χ4n) is 2.20. The summed E-state index contributed by atoms with van der Waals surface area (Å²) in [6, 6.07) is 10.8. The summed E-state index contributed by atoms with van der Waals surface area (Å²) in [7, 11) is 0. The summed E-state index contributed by atoms with van der Waals surface area (Å²) in [5.74, 6) is -0.247. The Morgan fingerprint density at radius 1 is 1.11 bits per heavy atom. The van der Waals surface area contributed by atoms with Gasteiger partial charge in [-0.1, -0.05) is 25.1 Å². The molecule has 2 rings (SSSR count). The molecule has 0 aliphatic rings. The molecule has 0 spiro atoms. The molecule has 0 radical (unpaired) electrons. The summed E-state index contributed by atoms with van der Waals surface area (Å²) >= 11 is 1.72. The van der Waals surface area contributed by atoms with Crippen molar-refractivity contribution >= 4 is 11.3 Å². The minimum absolute atomic E-state index is 0.247. The molecule has 1 heterocycles. The van der Waals surface area contributed by atoms with Gasteiger partial charge in [0, 0.05) is 22.6 Å². The zero-order chi connectivity index (χ0) is 13.9. The Balaban J connectivity index is 2.08. The third kappa shape index (κ3) is 3.88. The third-order valence-electron chi connectivity index (χ3n) is 3.15. The van der Waals surface area contributed by atoms with E-state index in [1.165, 1.54) is 10.9 Å². The minimum Gasteiger partial charge on any atom is -0.389 e. The van der Waals surface area contributed by atoms with Crippen LogP contribution in [0, 0.1) is 5.82 Å². The molecule has 1 atom stereocenters. The fraction of sp³-hybridized carbons (Fsp3) is 0.375. The van der Waals surface area contributed by atoms with Gasteiger partial charge < -0.3 is 5.11 Å². The quantitative estimate of drug-likeness (QED) is 0.877. The first kappa shape index (κ1) is 14.2. The monoisotopic (exact) mass is 278 g/mol. The van der Waals surface area contributed by atoms with Crippen LogP contribution in [-0.2, 0) is 19.3 Å². The molecule has 0 bridgehead atoms. The van der Waals surface area contributed by atoms with E-state index in [0.717, 1.165) is 11.3 Å². The number of aliphatic hydroxyl groups is 1. The first-order valence-electron chi connectivity index (χ1n) is 6.53. The lowest BCUT2D eigenvalue weighted by Gasteiger charge is -2.23. The Kier molecular flexibility index (Phi) is 4.38. The van der Waals surface area contributed by atoms with Crippen LogP contribution in [0.5, 0.6) is 0 Å².